The van der Waals surface area contributed by atoms with Crippen LogP contribution in [-0.2, 0) is 4.79 Å². The van der Waals surface area contributed by atoms with E-state index in [0.29, 0.717) is 0 Å². The first-order valence-corrected chi connectivity index (χ1v) is 6.51. The van der Waals surface area contributed by atoms with Crippen LogP contribution in [0, 0.1) is 11.3 Å². The third-order valence-electron chi connectivity index (χ3n) is 3.46. The van der Waals surface area contributed by atoms with Gasteiger partial charge in [0, 0.05) is 18.8 Å². The van der Waals surface area contributed by atoms with Crippen molar-refractivity contribution < 1.29 is 4.79 Å². The van der Waals surface area contributed by atoms with Gasteiger partial charge >= 0.3 is 0 Å². The lowest BCUT2D eigenvalue weighted by Crippen LogP contribution is -2.44. The Hall–Kier alpha value is -2.62. The molecular weight excluding hydrogens is 256 g/mol. The lowest BCUT2D eigenvalue weighted by Gasteiger charge is -2.25. The average molecular weight is 270 g/mol. The highest BCUT2D eigenvalue weighted by atomic mass is 16.2. The number of hydrogen-bond acceptors (Lipinski definition) is 5. The van der Waals surface area contributed by atoms with E-state index < -0.39 is 0 Å². The maximum Gasteiger partial charge on any atom is 0.243 e. The first kappa shape index (κ1) is 12.4. The van der Waals surface area contributed by atoms with Crippen molar-refractivity contribution in [2.75, 3.05) is 18.0 Å². The zero-order chi connectivity index (χ0) is 13.9. The Morgan fingerprint density at radius 1 is 1.50 bits per heavy atom. The van der Waals surface area contributed by atoms with Crippen molar-refractivity contribution in [3.63, 3.8) is 0 Å². The molecule has 1 atom stereocenters. The van der Waals surface area contributed by atoms with Crippen molar-refractivity contribution in [2.45, 2.75) is 18.9 Å². The minimum atomic E-state index is -0.252. The van der Waals surface area contributed by atoms with E-state index in [9.17, 15) is 4.79 Å². The molecule has 20 heavy (non-hydrogen) atoms. The molecule has 7 heteroatoms. The standard InChI is InChI=1S/C13H14N6O/c14-5-8-16-13(20)10-2-1-9-18(10)12-4-6-15-11-3-7-17-19(11)12/h3-4,6-7,10H,1-2,8-9H2,(H,16,20)/t10-/m0/s1. The molecule has 0 radical (unpaired) electrons. The van der Waals surface area contributed by atoms with Gasteiger partial charge in [-0.15, -0.1) is 0 Å². The van der Waals surface area contributed by atoms with Crippen molar-refractivity contribution in [2.24, 2.45) is 0 Å². The van der Waals surface area contributed by atoms with Gasteiger partial charge in [-0.1, -0.05) is 0 Å². The molecule has 1 fully saturated rings. The van der Waals surface area contributed by atoms with E-state index in [0.717, 1.165) is 30.9 Å². The first-order valence-electron chi connectivity index (χ1n) is 6.51. The van der Waals surface area contributed by atoms with Gasteiger partial charge in [-0.3, -0.25) is 4.79 Å². The molecule has 1 N–H and O–H groups in total. The monoisotopic (exact) mass is 270 g/mol. The van der Waals surface area contributed by atoms with E-state index in [1.165, 1.54) is 0 Å². The Labute approximate surface area is 115 Å². The normalized spacial score (nSPS) is 18.1. The second-order valence-electron chi connectivity index (χ2n) is 4.63. The molecule has 3 heterocycles. The van der Waals surface area contributed by atoms with E-state index >= 15 is 0 Å². The molecule has 1 aliphatic rings. The number of rotatable bonds is 3. The van der Waals surface area contributed by atoms with Crippen molar-refractivity contribution >= 4 is 17.4 Å². The maximum atomic E-state index is 12.1. The van der Waals surface area contributed by atoms with Gasteiger partial charge < -0.3 is 10.2 Å². The number of carbonyl (C=O) groups is 1. The summed E-state index contributed by atoms with van der Waals surface area (Å²) >= 11 is 0. The molecule has 0 spiro atoms. The van der Waals surface area contributed by atoms with Gasteiger partial charge in [0.25, 0.3) is 0 Å². The fourth-order valence-electron chi connectivity index (χ4n) is 2.60. The summed E-state index contributed by atoms with van der Waals surface area (Å²) in [5.41, 5.74) is 0.755. The molecule has 7 nitrogen and oxygen atoms in total. The van der Waals surface area contributed by atoms with Crippen LogP contribution in [0.2, 0.25) is 0 Å². The number of nitrogens with zero attached hydrogens (tertiary/aromatic N) is 5. The van der Waals surface area contributed by atoms with Crippen LogP contribution in [-0.4, -0.2) is 39.6 Å². The summed E-state index contributed by atoms with van der Waals surface area (Å²) in [6, 6.07) is 5.35. The van der Waals surface area contributed by atoms with Crippen LogP contribution < -0.4 is 10.2 Å². The molecule has 1 saturated heterocycles. The first-order chi connectivity index (χ1) is 9.81. The summed E-state index contributed by atoms with van der Waals surface area (Å²) in [6.07, 6.45) is 5.12. The fourth-order valence-corrected chi connectivity index (χ4v) is 2.60. The Morgan fingerprint density at radius 3 is 3.25 bits per heavy atom. The fraction of sp³-hybridized carbons (Fsp3) is 0.385. The molecule has 1 amide bonds. The lowest BCUT2D eigenvalue weighted by molar-refractivity contribution is -0.121. The number of fused-ring (bicyclic) bond motifs is 1. The number of aromatic nitrogens is 3. The van der Waals surface area contributed by atoms with Crippen LogP contribution in [0.1, 0.15) is 12.8 Å². The van der Waals surface area contributed by atoms with Crippen molar-refractivity contribution in [3.8, 4) is 6.07 Å². The van der Waals surface area contributed by atoms with Gasteiger partial charge in [0.05, 0.1) is 12.3 Å². The summed E-state index contributed by atoms with van der Waals surface area (Å²) in [5, 5.41) is 15.4. The molecule has 3 rings (SSSR count). The van der Waals surface area contributed by atoms with Crippen LogP contribution in [0.15, 0.2) is 24.5 Å². The molecular formula is C13H14N6O. The van der Waals surface area contributed by atoms with Crippen LogP contribution >= 0.6 is 0 Å². The highest BCUT2D eigenvalue weighted by Gasteiger charge is 2.32. The van der Waals surface area contributed by atoms with Crippen molar-refractivity contribution in [1.82, 2.24) is 19.9 Å². The summed E-state index contributed by atoms with van der Waals surface area (Å²) in [7, 11) is 0. The van der Waals surface area contributed by atoms with E-state index in [4.69, 9.17) is 5.26 Å². The molecule has 1 aliphatic heterocycles. The highest BCUT2D eigenvalue weighted by molar-refractivity contribution is 5.85. The van der Waals surface area contributed by atoms with Crippen molar-refractivity contribution in [3.05, 3.63) is 24.5 Å². The third-order valence-corrected chi connectivity index (χ3v) is 3.46. The summed E-state index contributed by atoms with van der Waals surface area (Å²) in [5.74, 6) is 0.746. The highest BCUT2D eigenvalue weighted by Crippen LogP contribution is 2.25. The van der Waals surface area contributed by atoms with E-state index in [1.54, 1.807) is 16.9 Å². The van der Waals surface area contributed by atoms with Gasteiger partial charge in [-0.25, -0.2) is 4.98 Å². The molecule has 0 aliphatic carbocycles. The second kappa shape index (κ2) is 5.17. The van der Waals surface area contributed by atoms with Crippen LogP contribution in [0.3, 0.4) is 0 Å². The van der Waals surface area contributed by atoms with E-state index in [-0.39, 0.29) is 18.5 Å². The number of nitrogens with one attached hydrogen (secondary N) is 1. The quantitative estimate of drug-likeness (QED) is 0.813. The SMILES string of the molecule is N#CCNC(=O)[C@@H]1CCCN1c1ccnc2ccnn12. The predicted molar refractivity (Wildman–Crippen MR) is 72.0 cm³/mol. The minimum Gasteiger partial charge on any atom is -0.344 e. The van der Waals surface area contributed by atoms with Crippen LogP contribution in [0.25, 0.3) is 5.65 Å². The minimum absolute atomic E-state index is 0.0384. The van der Waals surface area contributed by atoms with Crippen LogP contribution in [0.4, 0.5) is 5.82 Å². The number of anilines is 1. The predicted octanol–water partition coefficient (Wildman–Crippen LogP) is 0.338. The Kier molecular flexibility index (Phi) is 3.21. The van der Waals surface area contributed by atoms with Gasteiger partial charge in [0.15, 0.2) is 5.65 Å². The molecule has 102 valence electrons. The Morgan fingerprint density at radius 2 is 2.40 bits per heavy atom. The Bertz CT molecular complexity index is 673. The topological polar surface area (TPSA) is 86.3 Å². The zero-order valence-corrected chi connectivity index (χ0v) is 10.9. The number of nitriles is 1. The average Bonchev–Trinajstić information content (AvgIpc) is 3.12. The molecule has 0 saturated carbocycles. The molecule has 0 unspecified atom stereocenters. The molecule has 2 aromatic rings. The lowest BCUT2D eigenvalue weighted by atomic mass is 10.2. The summed E-state index contributed by atoms with van der Waals surface area (Å²) in [6.45, 7) is 0.834. The number of hydrogen-bond donors (Lipinski definition) is 1. The molecule has 0 bridgehead atoms. The summed E-state index contributed by atoms with van der Waals surface area (Å²) < 4.78 is 1.73. The third kappa shape index (κ3) is 2.05. The molecule has 0 aromatic carbocycles. The largest absolute Gasteiger partial charge is 0.344 e. The van der Waals surface area contributed by atoms with Gasteiger partial charge in [-0.2, -0.15) is 14.9 Å². The van der Waals surface area contributed by atoms with Gasteiger partial charge in [0.2, 0.25) is 5.91 Å². The second-order valence-corrected chi connectivity index (χ2v) is 4.63. The zero-order valence-electron chi connectivity index (χ0n) is 10.9. The van der Waals surface area contributed by atoms with E-state index in [2.05, 4.69) is 15.4 Å². The summed E-state index contributed by atoms with van der Waals surface area (Å²) in [4.78, 5) is 18.4. The maximum absolute atomic E-state index is 12.1. The number of carbonyl (C=O) groups excluding carboxylic acids is 1. The number of amides is 1. The smallest absolute Gasteiger partial charge is 0.243 e. The molecule has 2 aromatic heterocycles. The van der Waals surface area contributed by atoms with Gasteiger partial charge in [-0.05, 0) is 18.9 Å². The van der Waals surface area contributed by atoms with Crippen LogP contribution in [0.5, 0.6) is 0 Å². The Balaban J connectivity index is 1.90. The van der Waals surface area contributed by atoms with Gasteiger partial charge in [0.1, 0.15) is 18.4 Å². The van der Waals surface area contributed by atoms with Crippen molar-refractivity contribution in [1.29, 1.82) is 5.26 Å². The van der Waals surface area contributed by atoms with E-state index in [1.807, 2.05) is 23.1 Å².